The van der Waals surface area contributed by atoms with Gasteiger partial charge in [-0.1, -0.05) is 35.0 Å². The summed E-state index contributed by atoms with van der Waals surface area (Å²) in [5.41, 5.74) is 3.62. The van der Waals surface area contributed by atoms with Gasteiger partial charge in [-0.3, -0.25) is 9.69 Å². The molecule has 0 bridgehead atoms. The van der Waals surface area contributed by atoms with E-state index in [1.165, 1.54) is 0 Å². The van der Waals surface area contributed by atoms with E-state index >= 15 is 0 Å². The van der Waals surface area contributed by atoms with Crippen LogP contribution < -0.4 is 0 Å². The summed E-state index contributed by atoms with van der Waals surface area (Å²) < 4.78 is 7.15. The van der Waals surface area contributed by atoms with Crippen LogP contribution in [0.2, 0.25) is 5.02 Å². The third-order valence-corrected chi connectivity index (χ3v) is 5.85. The Bertz CT molecular complexity index is 940. The number of aryl methyl sites for hydroxylation is 3. The highest BCUT2D eigenvalue weighted by atomic mass is 35.5. The van der Waals surface area contributed by atoms with Crippen molar-refractivity contribution in [1.29, 1.82) is 0 Å². The molecule has 0 spiro atoms. The minimum Gasteiger partial charge on any atom is -0.361 e. The van der Waals surface area contributed by atoms with Gasteiger partial charge in [0, 0.05) is 56.2 Å². The first kappa shape index (κ1) is 18.1. The second kappa shape index (κ2) is 7.02. The van der Waals surface area contributed by atoms with Crippen LogP contribution in [0.4, 0.5) is 0 Å². The van der Waals surface area contributed by atoms with Gasteiger partial charge in [0.05, 0.1) is 10.7 Å². The van der Waals surface area contributed by atoms with Crippen molar-refractivity contribution in [2.75, 3.05) is 26.2 Å². The van der Waals surface area contributed by atoms with E-state index < -0.39 is 0 Å². The van der Waals surface area contributed by atoms with Crippen LogP contribution in [-0.4, -0.2) is 51.6 Å². The fraction of sp³-hybridized carbons (Fsp3) is 0.400. The van der Waals surface area contributed by atoms with E-state index in [4.69, 9.17) is 16.1 Å². The number of benzene rings is 1. The van der Waals surface area contributed by atoms with Crippen LogP contribution in [0.1, 0.15) is 27.5 Å². The van der Waals surface area contributed by atoms with Crippen LogP contribution in [0.5, 0.6) is 0 Å². The number of nitrogens with zero attached hydrogens (tertiary/aromatic N) is 4. The number of hydrogen-bond donors (Lipinski definition) is 0. The molecule has 0 unspecified atom stereocenters. The zero-order chi connectivity index (χ0) is 19.1. The van der Waals surface area contributed by atoms with Crippen molar-refractivity contribution in [3.63, 3.8) is 0 Å². The van der Waals surface area contributed by atoms with Gasteiger partial charge < -0.3 is 14.0 Å². The molecule has 1 saturated heterocycles. The smallest absolute Gasteiger partial charge is 0.272 e. The number of carbonyl (C=O) groups excluding carboxylic acids is 1. The molecule has 27 heavy (non-hydrogen) atoms. The molecule has 0 atom stereocenters. The molecule has 1 aliphatic rings. The summed E-state index contributed by atoms with van der Waals surface area (Å²) in [6.07, 6.45) is 0. The van der Waals surface area contributed by atoms with Gasteiger partial charge in [-0.25, -0.2) is 0 Å². The SMILES string of the molecule is Cc1noc(C)c1CN1CCN(C(=O)c2c(Cl)c3ccccc3n2C)CC1. The van der Waals surface area contributed by atoms with Gasteiger partial charge in [0.1, 0.15) is 11.5 Å². The van der Waals surface area contributed by atoms with Crippen LogP contribution in [0.3, 0.4) is 0 Å². The van der Waals surface area contributed by atoms with Gasteiger partial charge in [-0.05, 0) is 19.9 Å². The molecule has 1 fully saturated rings. The first-order valence-corrected chi connectivity index (χ1v) is 9.51. The summed E-state index contributed by atoms with van der Waals surface area (Å²) >= 11 is 6.54. The molecule has 1 aromatic carbocycles. The summed E-state index contributed by atoms with van der Waals surface area (Å²) in [4.78, 5) is 17.3. The van der Waals surface area contributed by atoms with Crippen molar-refractivity contribution in [3.05, 3.63) is 52.0 Å². The van der Waals surface area contributed by atoms with E-state index in [0.29, 0.717) is 23.8 Å². The summed E-state index contributed by atoms with van der Waals surface area (Å²) in [6, 6.07) is 7.84. The second-order valence-electron chi connectivity index (χ2n) is 7.11. The zero-order valence-electron chi connectivity index (χ0n) is 15.8. The second-order valence-corrected chi connectivity index (χ2v) is 7.49. The number of rotatable bonds is 3. The Hall–Kier alpha value is -2.31. The molecule has 7 heteroatoms. The number of amides is 1. The van der Waals surface area contributed by atoms with Crippen LogP contribution in [0.25, 0.3) is 10.9 Å². The number of piperazine rings is 1. The maximum atomic E-state index is 13.1. The first-order chi connectivity index (χ1) is 13.0. The Morgan fingerprint density at radius 2 is 1.89 bits per heavy atom. The lowest BCUT2D eigenvalue weighted by molar-refractivity contribution is 0.0619. The number of halogens is 1. The number of fused-ring (bicyclic) bond motifs is 1. The van der Waals surface area contributed by atoms with E-state index in [2.05, 4.69) is 10.1 Å². The maximum Gasteiger partial charge on any atom is 0.272 e. The Balaban J connectivity index is 1.48. The van der Waals surface area contributed by atoms with Gasteiger partial charge in [-0.15, -0.1) is 0 Å². The number of para-hydroxylation sites is 1. The van der Waals surface area contributed by atoms with Crippen LogP contribution in [-0.2, 0) is 13.6 Å². The summed E-state index contributed by atoms with van der Waals surface area (Å²) in [7, 11) is 1.90. The highest BCUT2D eigenvalue weighted by Gasteiger charge is 2.28. The van der Waals surface area contributed by atoms with Gasteiger partial charge in [0.2, 0.25) is 0 Å². The topological polar surface area (TPSA) is 54.5 Å². The summed E-state index contributed by atoms with van der Waals surface area (Å²) in [5, 5.41) is 5.48. The molecular formula is C20H23ClN4O2. The van der Waals surface area contributed by atoms with Gasteiger partial charge >= 0.3 is 0 Å². The Labute approximate surface area is 163 Å². The molecule has 0 aliphatic carbocycles. The monoisotopic (exact) mass is 386 g/mol. The molecule has 1 aliphatic heterocycles. The molecule has 0 saturated carbocycles. The molecule has 3 heterocycles. The van der Waals surface area contributed by atoms with Crippen molar-refractivity contribution in [1.82, 2.24) is 19.5 Å². The molecule has 142 valence electrons. The summed E-state index contributed by atoms with van der Waals surface area (Å²) in [6.45, 7) is 7.71. The van der Waals surface area contributed by atoms with Crippen LogP contribution in [0, 0.1) is 13.8 Å². The molecule has 0 radical (unpaired) electrons. The Morgan fingerprint density at radius 3 is 2.52 bits per heavy atom. The highest BCUT2D eigenvalue weighted by molar-refractivity contribution is 6.38. The van der Waals surface area contributed by atoms with Gasteiger partial charge in [-0.2, -0.15) is 0 Å². The zero-order valence-corrected chi connectivity index (χ0v) is 16.6. The Kier molecular flexibility index (Phi) is 4.70. The predicted molar refractivity (Wildman–Crippen MR) is 105 cm³/mol. The van der Waals surface area contributed by atoms with E-state index in [1.807, 2.05) is 54.6 Å². The molecule has 4 rings (SSSR count). The van der Waals surface area contributed by atoms with Crippen LogP contribution >= 0.6 is 11.6 Å². The first-order valence-electron chi connectivity index (χ1n) is 9.13. The number of aromatic nitrogens is 2. The minimum absolute atomic E-state index is 0.00399. The molecule has 0 N–H and O–H groups in total. The maximum absolute atomic E-state index is 13.1. The van der Waals surface area contributed by atoms with Gasteiger partial charge in [0.15, 0.2) is 0 Å². The average Bonchev–Trinajstić information content (AvgIpc) is 3.13. The third-order valence-electron chi connectivity index (χ3n) is 5.47. The fourth-order valence-corrected chi connectivity index (χ4v) is 4.16. The lowest BCUT2D eigenvalue weighted by Gasteiger charge is -2.34. The quantitative estimate of drug-likeness (QED) is 0.692. The largest absolute Gasteiger partial charge is 0.361 e. The molecule has 6 nitrogen and oxygen atoms in total. The fourth-order valence-electron chi connectivity index (χ4n) is 3.79. The van der Waals surface area contributed by atoms with Crippen molar-refractivity contribution < 1.29 is 9.32 Å². The number of carbonyl (C=O) groups is 1. The van der Waals surface area contributed by atoms with E-state index in [-0.39, 0.29) is 5.91 Å². The van der Waals surface area contributed by atoms with Crippen molar-refractivity contribution >= 4 is 28.4 Å². The predicted octanol–water partition coefficient (Wildman–Crippen LogP) is 3.39. The van der Waals surface area contributed by atoms with Gasteiger partial charge in [0.25, 0.3) is 5.91 Å². The Morgan fingerprint density at radius 1 is 1.19 bits per heavy atom. The lowest BCUT2D eigenvalue weighted by Crippen LogP contribution is -2.48. The molecular weight excluding hydrogens is 364 g/mol. The van der Waals surface area contributed by atoms with Crippen molar-refractivity contribution in [3.8, 4) is 0 Å². The lowest BCUT2D eigenvalue weighted by atomic mass is 10.1. The van der Waals surface area contributed by atoms with E-state index in [9.17, 15) is 4.79 Å². The molecule has 3 aromatic rings. The van der Waals surface area contributed by atoms with Crippen molar-refractivity contribution in [2.24, 2.45) is 7.05 Å². The van der Waals surface area contributed by atoms with E-state index in [0.717, 1.165) is 47.6 Å². The van der Waals surface area contributed by atoms with Crippen molar-refractivity contribution in [2.45, 2.75) is 20.4 Å². The average molecular weight is 387 g/mol. The highest BCUT2D eigenvalue weighted by Crippen LogP contribution is 2.31. The molecule has 1 amide bonds. The number of hydrogen-bond acceptors (Lipinski definition) is 4. The van der Waals surface area contributed by atoms with Crippen LogP contribution in [0.15, 0.2) is 28.8 Å². The standard InChI is InChI=1S/C20H23ClN4O2/c1-13-16(14(2)27-22-13)12-24-8-10-25(11-9-24)20(26)19-18(21)15-6-4-5-7-17(15)23(19)3/h4-7H,8-12H2,1-3H3. The summed E-state index contributed by atoms with van der Waals surface area (Å²) in [5.74, 6) is 0.865. The minimum atomic E-state index is -0.00399. The molecule has 2 aromatic heterocycles. The third kappa shape index (κ3) is 3.13. The normalized spacial score (nSPS) is 15.6. The van der Waals surface area contributed by atoms with E-state index in [1.54, 1.807) is 0 Å².